The number of nitrogens with two attached hydrogens (primary N) is 1. The summed E-state index contributed by atoms with van der Waals surface area (Å²) in [5, 5.41) is 12.9. The molecule has 1 fully saturated rings. The van der Waals surface area contributed by atoms with E-state index in [0.29, 0.717) is 26.2 Å². The highest BCUT2D eigenvalue weighted by Crippen LogP contribution is 2.37. The Morgan fingerprint density at radius 2 is 1.76 bits per heavy atom. The lowest BCUT2D eigenvalue weighted by atomic mass is 10.0. The molecule has 0 unspecified atom stereocenters. The van der Waals surface area contributed by atoms with E-state index >= 15 is 0 Å². The van der Waals surface area contributed by atoms with Gasteiger partial charge in [0.15, 0.2) is 0 Å². The van der Waals surface area contributed by atoms with E-state index in [1.54, 1.807) is 0 Å². The van der Waals surface area contributed by atoms with Crippen molar-refractivity contribution < 1.29 is 18.3 Å². The van der Waals surface area contributed by atoms with E-state index in [1.165, 1.54) is 4.90 Å². The van der Waals surface area contributed by atoms with Crippen molar-refractivity contribution in [2.24, 2.45) is 0 Å². The van der Waals surface area contributed by atoms with Crippen LogP contribution in [0, 0.1) is 5.82 Å². The van der Waals surface area contributed by atoms with E-state index in [9.17, 15) is 18.3 Å². The number of nitrogens with zero attached hydrogens (tertiary/aromatic N) is 1. The molecule has 2 rings (SSSR count). The molecule has 0 aliphatic carbocycles. The topological polar surface area (TPSA) is 61.5 Å². The van der Waals surface area contributed by atoms with Gasteiger partial charge in [-0.25, -0.2) is 13.2 Å². The summed E-state index contributed by atoms with van der Waals surface area (Å²) in [4.78, 5) is 1.52. The number of aromatic hydroxyl groups is 1. The fourth-order valence-electron chi connectivity index (χ4n) is 2.32. The third-order valence-corrected chi connectivity index (χ3v) is 3.24. The number of hydrogen-bond donors (Lipinski definition) is 3. The SMILES string of the molecule is Cl.Cl.Nc1cc(F)cc([C@@H](C(F)F)N2CCNCC2)c1O. The number of anilines is 1. The first-order chi connectivity index (χ1) is 9.00. The number of piperazine rings is 1. The van der Waals surface area contributed by atoms with Gasteiger partial charge < -0.3 is 16.2 Å². The number of phenols is 1. The molecule has 1 saturated heterocycles. The third kappa shape index (κ3) is 4.54. The van der Waals surface area contributed by atoms with E-state index in [4.69, 9.17) is 5.73 Å². The fraction of sp³-hybridized carbons (Fsp3) is 0.500. The third-order valence-electron chi connectivity index (χ3n) is 3.24. The molecule has 0 amide bonds. The van der Waals surface area contributed by atoms with Gasteiger partial charge in [-0.3, -0.25) is 4.90 Å². The minimum atomic E-state index is -2.73. The maximum atomic E-state index is 13.3. The van der Waals surface area contributed by atoms with Crippen LogP contribution in [0.25, 0.3) is 0 Å². The molecule has 0 aromatic heterocycles. The molecule has 122 valence electrons. The first-order valence-corrected chi connectivity index (χ1v) is 6.01. The van der Waals surface area contributed by atoms with Crippen LogP contribution >= 0.6 is 24.8 Å². The Morgan fingerprint density at radius 1 is 1.19 bits per heavy atom. The molecule has 0 spiro atoms. The minimum absolute atomic E-state index is 0. The second-order valence-corrected chi connectivity index (χ2v) is 4.50. The molecule has 1 heterocycles. The van der Waals surface area contributed by atoms with Gasteiger partial charge in [-0.2, -0.15) is 0 Å². The normalized spacial score (nSPS) is 17.0. The second kappa shape index (κ2) is 8.53. The van der Waals surface area contributed by atoms with Gasteiger partial charge in [0, 0.05) is 37.8 Å². The van der Waals surface area contributed by atoms with Crippen LogP contribution in [0.3, 0.4) is 0 Å². The molecule has 0 bridgehead atoms. The summed E-state index contributed by atoms with van der Waals surface area (Å²) < 4.78 is 39.9. The molecule has 1 aromatic rings. The highest BCUT2D eigenvalue weighted by Gasteiger charge is 2.33. The molecule has 9 heteroatoms. The van der Waals surface area contributed by atoms with E-state index in [0.717, 1.165) is 12.1 Å². The Labute approximate surface area is 133 Å². The number of nitrogen functional groups attached to an aromatic ring is 1. The molecule has 0 saturated carbocycles. The Kier molecular flexibility index (Phi) is 8.17. The van der Waals surface area contributed by atoms with Crippen molar-refractivity contribution >= 4 is 30.5 Å². The van der Waals surface area contributed by atoms with E-state index < -0.39 is 24.0 Å². The number of halogens is 5. The van der Waals surface area contributed by atoms with Gasteiger partial charge in [-0.1, -0.05) is 0 Å². The van der Waals surface area contributed by atoms with Crippen LogP contribution < -0.4 is 11.1 Å². The van der Waals surface area contributed by atoms with Gasteiger partial charge >= 0.3 is 0 Å². The van der Waals surface area contributed by atoms with Crippen LogP contribution in [0.15, 0.2) is 12.1 Å². The minimum Gasteiger partial charge on any atom is -0.505 e. The van der Waals surface area contributed by atoms with Crippen molar-refractivity contribution in [2.45, 2.75) is 12.5 Å². The smallest absolute Gasteiger partial charge is 0.258 e. The predicted octanol–water partition coefficient (Wildman–Crippen LogP) is 2.17. The quantitative estimate of drug-likeness (QED) is 0.579. The summed E-state index contributed by atoms with van der Waals surface area (Å²) in [5.41, 5.74) is 5.04. The highest BCUT2D eigenvalue weighted by molar-refractivity contribution is 5.85. The number of rotatable bonds is 3. The van der Waals surface area contributed by atoms with Gasteiger partial charge in [-0.05, 0) is 6.07 Å². The van der Waals surface area contributed by atoms with Crippen LogP contribution in [0.1, 0.15) is 11.6 Å². The molecular formula is C12H18Cl2F3N3O. The lowest BCUT2D eigenvalue weighted by Crippen LogP contribution is -2.47. The molecule has 1 aliphatic heterocycles. The first-order valence-electron chi connectivity index (χ1n) is 6.01. The van der Waals surface area contributed by atoms with Crippen LogP contribution in [-0.2, 0) is 0 Å². The molecule has 4 nitrogen and oxygen atoms in total. The van der Waals surface area contributed by atoms with Crippen LogP contribution in [-0.4, -0.2) is 42.6 Å². The molecule has 21 heavy (non-hydrogen) atoms. The average Bonchev–Trinajstić information content (AvgIpc) is 2.36. The fourth-order valence-corrected chi connectivity index (χ4v) is 2.32. The zero-order valence-corrected chi connectivity index (χ0v) is 12.7. The van der Waals surface area contributed by atoms with Crippen molar-refractivity contribution in [3.05, 3.63) is 23.5 Å². The number of benzene rings is 1. The Hall–Kier alpha value is -0.890. The summed E-state index contributed by atoms with van der Waals surface area (Å²) in [5.74, 6) is -1.20. The lowest BCUT2D eigenvalue weighted by Gasteiger charge is -2.35. The second-order valence-electron chi connectivity index (χ2n) is 4.50. The zero-order valence-electron chi connectivity index (χ0n) is 11.1. The highest BCUT2D eigenvalue weighted by atomic mass is 35.5. The van der Waals surface area contributed by atoms with Gasteiger partial charge in [0.05, 0.1) is 5.69 Å². The molecule has 1 aliphatic rings. The summed E-state index contributed by atoms with van der Waals surface area (Å²) in [6.07, 6.45) is -2.73. The molecule has 4 N–H and O–H groups in total. The van der Waals surface area contributed by atoms with Crippen LogP contribution in [0.2, 0.25) is 0 Å². The van der Waals surface area contributed by atoms with Crippen molar-refractivity contribution in [3.8, 4) is 5.75 Å². The summed E-state index contributed by atoms with van der Waals surface area (Å²) >= 11 is 0. The van der Waals surface area contributed by atoms with Crippen molar-refractivity contribution in [1.29, 1.82) is 0 Å². The van der Waals surface area contributed by atoms with Crippen LogP contribution in [0.5, 0.6) is 5.75 Å². The Bertz CT molecular complexity index is 460. The summed E-state index contributed by atoms with van der Waals surface area (Å²) in [6, 6.07) is 0.490. The lowest BCUT2D eigenvalue weighted by molar-refractivity contribution is 0.0169. The van der Waals surface area contributed by atoms with Crippen molar-refractivity contribution in [3.63, 3.8) is 0 Å². The number of nitrogens with one attached hydrogen (secondary N) is 1. The van der Waals surface area contributed by atoms with Gasteiger partial charge in [0.25, 0.3) is 6.43 Å². The van der Waals surface area contributed by atoms with Crippen molar-refractivity contribution in [2.75, 3.05) is 31.9 Å². The summed E-state index contributed by atoms with van der Waals surface area (Å²) in [6.45, 7) is 1.97. The van der Waals surface area contributed by atoms with Gasteiger partial charge in [-0.15, -0.1) is 24.8 Å². The average molecular weight is 348 g/mol. The largest absolute Gasteiger partial charge is 0.505 e. The standard InChI is InChI=1S/C12H16F3N3O.2ClH/c13-7-5-8(11(19)9(16)6-7)10(12(14)15)18-3-1-17-2-4-18;;/h5-6,10,12,17,19H,1-4,16H2;2*1H/t10-;;/m0../s1. The molecule has 1 aromatic carbocycles. The van der Waals surface area contributed by atoms with Crippen LogP contribution in [0.4, 0.5) is 18.9 Å². The monoisotopic (exact) mass is 347 g/mol. The molecular weight excluding hydrogens is 330 g/mol. The van der Waals surface area contributed by atoms with E-state index in [-0.39, 0.29) is 36.1 Å². The number of alkyl halides is 2. The van der Waals surface area contributed by atoms with E-state index in [2.05, 4.69) is 5.32 Å². The zero-order chi connectivity index (χ0) is 14.0. The maximum absolute atomic E-state index is 13.3. The first kappa shape index (κ1) is 20.1. The Morgan fingerprint density at radius 3 is 2.29 bits per heavy atom. The molecule has 1 atom stereocenters. The Balaban J connectivity index is 0.00000200. The van der Waals surface area contributed by atoms with Gasteiger partial charge in [0.1, 0.15) is 17.6 Å². The number of phenolic OH excluding ortho intramolecular Hbond substituents is 1. The van der Waals surface area contributed by atoms with Crippen molar-refractivity contribution in [1.82, 2.24) is 10.2 Å². The summed E-state index contributed by atoms with van der Waals surface area (Å²) in [7, 11) is 0. The maximum Gasteiger partial charge on any atom is 0.258 e. The molecule has 0 radical (unpaired) electrons. The number of hydrogen-bond acceptors (Lipinski definition) is 4. The van der Waals surface area contributed by atoms with E-state index in [1.807, 2.05) is 0 Å². The predicted molar refractivity (Wildman–Crippen MR) is 80.2 cm³/mol. The van der Waals surface area contributed by atoms with Gasteiger partial charge in [0.2, 0.25) is 0 Å².